The number of carbonyl (C=O) groups excluding carboxylic acids is 2. The first-order valence-electron chi connectivity index (χ1n) is 11.7. The van der Waals surface area contributed by atoms with Crippen molar-refractivity contribution in [3.63, 3.8) is 0 Å². The van der Waals surface area contributed by atoms with Crippen molar-refractivity contribution in [2.45, 2.75) is 91.3 Å². The van der Waals surface area contributed by atoms with E-state index >= 15 is 0 Å². The molecule has 0 radical (unpaired) electrons. The van der Waals surface area contributed by atoms with Gasteiger partial charge in [-0.05, 0) is 86.4 Å². The number of esters is 2. The normalized spacial score (nSPS) is 48.6. The van der Waals surface area contributed by atoms with Crippen LogP contribution >= 0.6 is 0 Å². The summed E-state index contributed by atoms with van der Waals surface area (Å²) in [7, 11) is 0. The fraction of sp³-hybridized carbons (Fsp3) is 0.840. The second kappa shape index (κ2) is 7.42. The Morgan fingerprint density at radius 2 is 1.66 bits per heavy atom. The Kier molecular flexibility index (Phi) is 5.36. The molecular formula is C25H38O4. The van der Waals surface area contributed by atoms with Crippen molar-refractivity contribution in [3.8, 4) is 0 Å². The number of hydrogen-bond donors (Lipinski definition) is 0. The van der Waals surface area contributed by atoms with Crippen molar-refractivity contribution in [1.82, 2.24) is 0 Å². The molecule has 4 nitrogen and oxygen atoms in total. The number of hydrogen-bond acceptors (Lipinski definition) is 4. The fourth-order valence-corrected chi connectivity index (χ4v) is 8.31. The van der Waals surface area contributed by atoms with E-state index in [1.807, 2.05) is 0 Å². The van der Waals surface area contributed by atoms with E-state index in [9.17, 15) is 9.59 Å². The van der Waals surface area contributed by atoms with Crippen LogP contribution < -0.4 is 0 Å². The summed E-state index contributed by atoms with van der Waals surface area (Å²) in [5.41, 5.74) is 0.276. The molecule has 4 rings (SSSR count). The number of carbonyl (C=O) groups is 2. The SMILES string of the molecule is C=CC1CCC2C3CCC4CC(OC(C)=O)CC[C@@]4(C)C3CC(OC(C)=O)[C@@]12C. The third kappa shape index (κ3) is 3.25. The molecule has 162 valence electrons. The molecule has 4 saturated carbocycles. The number of ether oxygens (including phenoxy) is 2. The molecule has 0 heterocycles. The Bertz CT molecular complexity index is 686. The summed E-state index contributed by atoms with van der Waals surface area (Å²) in [4.78, 5) is 23.5. The zero-order chi connectivity index (χ0) is 21.0. The monoisotopic (exact) mass is 402 g/mol. The first-order chi connectivity index (χ1) is 13.7. The van der Waals surface area contributed by atoms with Gasteiger partial charge in [-0.15, -0.1) is 6.58 Å². The maximum atomic E-state index is 12.0. The van der Waals surface area contributed by atoms with Gasteiger partial charge in [0.1, 0.15) is 12.2 Å². The molecule has 0 aliphatic heterocycles. The van der Waals surface area contributed by atoms with Crippen molar-refractivity contribution in [2.24, 2.45) is 40.4 Å². The Morgan fingerprint density at radius 1 is 0.931 bits per heavy atom. The van der Waals surface area contributed by atoms with Gasteiger partial charge in [0.05, 0.1) is 0 Å². The summed E-state index contributed by atoms with van der Waals surface area (Å²) in [5.74, 6) is 2.63. The van der Waals surface area contributed by atoms with Gasteiger partial charge in [-0.2, -0.15) is 0 Å². The van der Waals surface area contributed by atoms with Crippen LogP contribution in [0.15, 0.2) is 12.7 Å². The van der Waals surface area contributed by atoms with E-state index in [0.29, 0.717) is 29.6 Å². The minimum Gasteiger partial charge on any atom is -0.463 e. The average molecular weight is 403 g/mol. The average Bonchev–Trinajstić information content (AvgIpc) is 2.99. The largest absolute Gasteiger partial charge is 0.463 e. The summed E-state index contributed by atoms with van der Waals surface area (Å²) in [6.07, 6.45) is 11.1. The first-order valence-corrected chi connectivity index (χ1v) is 11.7. The van der Waals surface area contributed by atoms with Crippen molar-refractivity contribution >= 4 is 11.9 Å². The third-order valence-electron chi connectivity index (χ3n) is 9.69. The van der Waals surface area contributed by atoms with Crippen molar-refractivity contribution in [1.29, 1.82) is 0 Å². The molecule has 4 heteroatoms. The first kappa shape index (κ1) is 20.9. The Morgan fingerprint density at radius 3 is 2.31 bits per heavy atom. The van der Waals surface area contributed by atoms with Crippen molar-refractivity contribution in [3.05, 3.63) is 12.7 Å². The molecule has 4 fully saturated rings. The number of allylic oxidation sites excluding steroid dienone is 1. The van der Waals surface area contributed by atoms with E-state index in [-0.39, 0.29) is 35.0 Å². The standard InChI is InChI=1S/C25H38O4/c1-6-17-8-10-21-20-9-7-18-13-19(28-15(2)26)11-12-24(18,4)22(20)14-23(25(17,21)5)29-16(3)27/h6,17-23H,1,7-14H2,2-5H3/t17?,18?,19?,20?,21?,22?,23?,24-,25+/m1/s1. The molecule has 0 aromatic carbocycles. The van der Waals surface area contributed by atoms with E-state index in [1.165, 1.54) is 32.6 Å². The lowest BCUT2D eigenvalue weighted by molar-refractivity contribution is -0.192. The Balaban J connectivity index is 1.62. The van der Waals surface area contributed by atoms with Crippen LogP contribution in [-0.4, -0.2) is 24.1 Å². The van der Waals surface area contributed by atoms with Crippen LogP contribution in [0.4, 0.5) is 0 Å². The molecule has 4 aliphatic rings. The van der Waals surface area contributed by atoms with Crippen LogP contribution in [-0.2, 0) is 19.1 Å². The summed E-state index contributed by atoms with van der Waals surface area (Å²) < 4.78 is 11.6. The highest BCUT2D eigenvalue weighted by molar-refractivity contribution is 5.66. The molecule has 29 heavy (non-hydrogen) atoms. The third-order valence-corrected chi connectivity index (χ3v) is 9.69. The summed E-state index contributed by atoms with van der Waals surface area (Å²) in [6, 6.07) is 0. The lowest BCUT2D eigenvalue weighted by atomic mass is 9.44. The summed E-state index contributed by atoms with van der Waals surface area (Å²) >= 11 is 0. The van der Waals surface area contributed by atoms with Crippen LogP contribution in [0.1, 0.15) is 79.1 Å². The Hall–Kier alpha value is -1.32. The predicted molar refractivity (Wildman–Crippen MR) is 112 cm³/mol. The van der Waals surface area contributed by atoms with E-state index in [0.717, 1.165) is 25.7 Å². The highest BCUT2D eigenvalue weighted by Crippen LogP contribution is 2.68. The molecule has 4 aliphatic carbocycles. The zero-order valence-corrected chi connectivity index (χ0v) is 18.6. The Labute approximate surface area is 175 Å². The molecule has 0 aromatic rings. The predicted octanol–water partition coefficient (Wildman–Crippen LogP) is 5.30. The van der Waals surface area contributed by atoms with Crippen molar-refractivity contribution < 1.29 is 19.1 Å². The van der Waals surface area contributed by atoms with Crippen LogP contribution in [0.5, 0.6) is 0 Å². The van der Waals surface area contributed by atoms with E-state index in [2.05, 4.69) is 26.5 Å². The minimum atomic E-state index is -0.155. The fourth-order valence-electron chi connectivity index (χ4n) is 8.31. The minimum absolute atomic E-state index is 0.0153. The molecule has 0 amide bonds. The molecular weight excluding hydrogens is 364 g/mol. The van der Waals surface area contributed by atoms with Crippen LogP contribution in [0.3, 0.4) is 0 Å². The topological polar surface area (TPSA) is 52.6 Å². The molecule has 0 saturated heterocycles. The molecule has 9 atom stereocenters. The number of rotatable bonds is 3. The quantitative estimate of drug-likeness (QED) is 0.474. The molecule has 7 unspecified atom stereocenters. The molecule has 0 spiro atoms. The molecule has 0 bridgehead atoms. The molecule has 0 aromatic heterocycles. The van der Waals surface area contributed by atoms with Gasteiger partial charge in [0.2, 0.25) is 0 Å². The van der Waals surface area contributed by atoms with Gasteiger partial charge >= 0.3 is 11.9 Å². The highest BCUT2D eigenvalue weighted by atomic mass is 16.5. The molecule has 0 N–H and O–H groups in total. The van der Waals surface area contributed by atoms with Gasteiger partial charge in [0.25, 0.3) is 0 Å². The zero-order valence-electron chi connectivity index (χ0n) is 18.6. The van der Waals surface area contributed by atoms with Gasteiger partial charge < -0.3 is 9.47 Å². The van der Waals surface area contributed by atoms with E-state index in [1.54, 1.807) is 6.92 Å². The van der Waals surface area contributed by atoms with Crippen LogP contribution in [0.2, 0.25) is 0 Å². The van der Waals surface area contributed by atoms with Crippen LogP contribution in [0, 0.1) is 40.4 Å². The lowest BCUT2D eigenvalue weighted by Gasteiger charge is -2.62. The van der Waals surface area contributed by atoms with Crippen molar-refractivity contribution in [2.75, 3.05) is 0 Å². The lowest BCUT2D eigenvalue weighted by Crippen LogP contribution is -2.59. The second-order valence-corrected chi connectivity index (χ2v) is 10.8. The van der Waals surface area contributed by atoms with Gasteiger partial charge in [-0.3, -0.25) is 9.59 Å². The summed E-state index contributed by atoms with van der Waals surface area (Å²) in [5, 5.41) is 0. The van der Waals surface area contributed by atoms with E-state index < -0.39 is 0 Å². The maximum Gasteiger partial charge on any atom is 0.302 e. The van der Waals surface area contributed by atoms with Crippen LogP contribution in [0.25, 0.3) is 0 Å². The van der Waals surface area contributed by atoms with Gasteiger partial charge in [0, 0.05) is 19.3 Å². The maximum absolute atomic E-state index is 12.0. The van der Waals surface area contributed by atoms with Gasteiger partial charge in [0.15, 0.2) is 0 Å². The second-order valence-electron chi connectivity index (χ2n) is 10.8. The number of fused-ring (bicyclic) bond motifs is 5. The smallest absolute Gasteiger partial charge is 0.302 e. The van der Waals surface area contributed by atoms with E-state index in [4.69, 9.17) is 9.47 Å². The van der Waals surface area contributed by atoms with Gasteiger partial charge in [-0.1, -0.05) is 19.9 Å². The highest BCUT2D eigenvalue weighted by Gasteiger charge is 2.64. The summed E-state index contributed by atoms with van der Waals surface area (Å²) in [6.45, 7) is 12.0. The van der Waals surface area contributed by atoms with Gasteiger partial charge in [-0.25, -0.2) is 0 Å².